The quantitative estimate of drug-likeness (QED) is 0.128. The fourth-order valence-electron chi connectivity index (χ4n) is 15.2. The summed E-state index contributed by atoms with van der Waals surface area (Å²) in [5.41, 5.74) is 26.4. The van der Waals surface area contributed by atoms with Gasteiger partial charge in [-0.3, -0.25) is 14.5 Å². The molecule has 0 fully saturated rings. The number of hydrogen-bond donors (Lipinski definition) is 0. The number of hydrogen-bond acceptors (Lipinski definition) is 6. The Morgan fingerprint density at radius 2 is 0.660 bits per heavy atom. The van der Waals surface area contributed by atoms with Gasteiger partial charge in [0.05, 0.1) is 84.1 Å². The third-order valence-corrected chi connectivity index (χ3v) is 19.8. The van der Waals surface area contributed by atoms with E-state index >= 15 is 0 Å². The van der Waals surface area contributed by atoms with Crippen molar-refractivity contribution in [1.82, 2.24) is 48.2 Å². The van der Waals surface area contributed by atoms with Gasteiger partial charge in [0.1, 0.15) is 0 Å². The van der Waals surface area contributed by atoms with Crippen molar-refractivity contribution in [2.75, 3.05) is 0 Å². The lowest BCUT2D eigenvalue weighted by Gasteiger charge is -2.16. The molecule has 8 heterocycles. The summed E-state index contributed by atoms with van der Waals surface area (Å²) in [4.78, 5) is 31.2. The minimum absolute atomic E-state index is 0.605. The Morgan fingerprint density at radius 3 is 1.17 bits per heavy atom. The average Bonchev–Trinajstić information content (AvgIpc) is 1.57. The van der Waals surface area contributed by atoms with Gasteiger partial charge in [-0.2, -0.15) is 0 Å². The highest BCUT2D eigenvalue weighted by Gasteiger charge is 2.25. The molecule has 0 bridgehead atoms. The van der Waals surface area contributed by atoms with E-state index in [2.05, 4.69) is 291 Å². The van der Waals surface area contributed by atoms with E-state index in [-0.39, 0.29) is 0 Å². The van der Waals surface area contributed by atoms with Crippen LogP contribution < -0.4 is 0 Å². The number of pyridine rings is 2. The largest absolute Gasteiger partial charge is 0.308 e. The van der Waals surface area contributed by atoms with Crippen LogP contribution in [0.5, 0.6) is 0 Å². The van der Waals surface area contributed by atoms with E-state index in [1.165, 1.54) is 0 Å². The van der Waals surface area contributed by atoms with Gasteiger partial charge >= 0.3 is 0 Å². The highest BCUT2D eigenvalue weighted by Crippen LogP contribution is 2.45. The van der Waals surface area contributed by atoms with Gasteiger partial charge in [-0.05, 0) is 113 Å². The number of rotatable bonds is 11. The summed E-state index contributed by atoms with van der Waals surface area (Å²) >= 11 is 0. The monoisotopic (exact) mass is 1280 g/mol. The molecule has 0 aliphatic heterocycles. The molecule has 10 nitrogen and oxygen atoms in total. The molecule has 0 aliphatic carbocycles. The summed E-state index contributed by atoms with van der Waals surface area (Å²) in [7, 11) is 0. The van der Waals surface area contributed by atoms with Crippen LogP contribution in [0.4, 0.5) is 0 Å². The van der Waals surface area contributed by atoms with E-state index < -0.39 is 0 Å². The van der Waals surface area contributed by atoms with E-state index in [1.807, 2.05) is 67.1 Å². The molecule has 10 heteroatoms. The van der Waals surface area contributed by atoms with Crippen LogP contribution in [0.25, 0.3) is 189 Å². The van der Waals surface area contributed by atoms with Crippen molar-refractivity contribution >= 4 is 87.5 Å². The fraction of sp³-hybridized carbons (Fsp3) is 0. The summed E-state index contributed by atoms with van der Waals surface area (Å²) in [5, 5.41) is 6.70. The number of benzene rings is 12. The molecule has 8 aromatic heterocycles. The smallest absolute Gasteiger partial charge is 0.235 e. The summed E-state index contributed by atoms with van der Waals surface area (Å²) < 4.78 is 9.34. The first-order chi connectivity index (χ1) is 49.6. The molecule has 100 heavy (non-hydrogen) atoms. The zero-order valence-electron chi connectivity index (χ0n) is 53.8. The summed E-state index contributed by atoms with van der Waals surface area (Å²) in [5.74, 6) is 1.28. The Morgan fingerprint density at radius 1 is 0.240 bits per heavy atom. The van der Waals surface area contributed by atoms with Gasteiger partial charge in [0.25, 0.3) is 0 Å². The van der Waals surface area contributed by atoms with Gasteiger partial charge in [-0.1, -0.05) is 231 Å². The molecule has 0 saturated carbocycles. The zero-order valence-corrected chi connectivity index (χ0v) is 53.8. The summed E-state index contributed by atoms with van der Waals surface area (Å²) in [6, 6.07) is 114. The SMILES string of the molecule is c1ccc(-c2cc(-c3ccccc3)nc(-n3c4ccccc4c4cccc(-c5ccc6c7ncccc7n(-c7ccc(-c8ccc(-n9c%10cc(-c%11cccc%12c%13ccccc%13n(-c%13cnc(-c%14ccccc%14)nc%13-c%13ccccc%13)c%11%12)ccc%10c%10ncccc%109)cc8)cc7)c6c5)c43)n2)cc1. The van der Waals surface area contributed by atoms with Crippen LogP contribution in [-0.4, -0.2) is 48.2 Å². The molecule has 20 rings (SSSR count). The van der Waals surface area contributed by atoms with Gasteiger partial charge in [0, 0.05) is 89.5 Å². The molecular formula is C90H56N10. The summed E-state index contributed by atoms with van der Waals surface area (Å²) in [6.45, 7) is 0. The van der Waals surface area contributed by atoms with Gasteiger partial charge < -0.3 is 13.7 Å². The van der Waals surface area contributed by atoms with Gasteiger partial charge in [-0.25, -0.2) is 19.9 Å². The van der Waals surface area contributed by atoms with E-state index in [0.29, 0.717) is 11.8 Å². The van der Waals surface area contributed by atoms with E-state index in [4.69, 9.17) is 29.9 Å². The Labute approximate surface area is 574 Å². The van der Waals surface area contributed by atoms with Crippen LogP contribution in [0.3, 0.4) is 0 Å². The van der Waals surface area contributed by atoms with Crippen molar-refractivity contribution in [2.45, 2.75) is 0 Å². The van der Waals surface area contributed by atoms with Crippen LogP contribution >= 0.6 is 0 Å². The lowest BCUT2D eigenvalue weighted by molar-refractivity contribution is 0.996. The Balaban J connectivity index is 0.679. The molecule has 0 amide bonds. The molecule has 0 aliphatic rings. The van der Waals surface area contributed by atoms with Crippen molar-refractivity contribution in [2.24, 2.45) is 0 Å². The number of fused-ring (bicyclic) bond motifs is 12. The molecular weight excluding hydrogens is 1220 g/mol. The average molecular weight is 1280 g/mol. The first-order valence-corrected chi connectivity index (χ1v) is 33.7. The van der Waals surface area contributed by atoms with Crippen molar-refractivity contribution in [3.63, 3.8) is 0 Å². The van der Waals surface area contributed by atoms with Crippen LogP contribution in [-0.2, 0) is 0 Å². The number of nitrogens with zero attached hydrogens (tertiary/aromatic N) is 10. The van der Waals surface area contributed by atoms with E-state index in [9.17, 15) is 0 Å². The predicted octanol–water partition coefficient (Wildman–Crippen LogP) is 22.1. The van der Waals surface area contributed by atoms with Crippen molar-refractivity contribution < 1.29 is 0 Å². The molecule has 0 N–H and O–H groups in total. The normalized spacial score (nSPS) is 11.8. The minimum atomic E-state index is 0.605. The standard InChI is InChI=1S/C90H56N10/c1-5-21-59(22-6-1)75-55-76(60-23-7-2-8-24-60)95-90(94-75)100-78-36-16-14-30-70(78)72-34-18-32-68(88(72)100)64-44-50-74-82(54-64)98(80-38-20-52-92-86(74)80)66-47-41-58(42-48-66)57-39-45-65(46-40-57)97-79-37-19-51-91-85(79)73-49-43-63(53-81(73)97)67-31-17-33-71-69-29-13-15-35-77(69)99(87(67)71)83-56-93-89(62-27-11-4-12-28-62)96-84(83)61-25-9-3-10-26-61/h1-56H. The van der Waals surface area contributed by atoms with Gasteiger partial charge in [0.15, 0.2) is 5.82 Å². The highest BCUT2D eigenvalue weighted by atomic mass is 15.2. The maximum atomic E-state index is 5.39. The number of para-hydroxylation sites is 4. The molecule has 0 radical (unpaired) electrons. The van der Waals surface area contributed by atoms with Gasteiger partial charge in [-0.15, -0.1) is 0 Å². The second kappa shape index (κ2) is 23.0. The van der Waals surface area contributed by atoms with Crippen LogP contribution in [0.15, 0.2) is 340 Å². The Kier molecular flexibility index (Phi) is 13.0. The van der Waals surface area contributed by atoms with Gasteiger partial charge in [0.2, 0.25) is 5.95 Å². The van der Waals surface area contributed by atoms with Crippen molar-refractivity contribution in [1.29, 1.82) is 0 Å². The van der Waals surface area contributed by atoms with Crippen molar-refractivity contribution in [3.8, 4) is 102 Å². The molecule has 0 atom stereocenters. The fourth-order valence-corrected chi connectivity index (χ4v) is 15.2. The number of aromatic nitrogens is 10. The maximum Gasteiger partial charge on any atom is 0.235 e. The molecule has 0 saturated heterocycles. The molecule has 20 aromatic rings. The minimum Gasteiger partial charge on any atom is -0.308 e. The summed E-state index contributed by atoms with van der Waals surface area (Å²) in [6.07, 6.45) is 5.78. The lowest BCUT2D eigenvalue weighted by Crippen LogP contribution is -2.04. The Hall–Kier alpha value is -13.7. The van der Waals surface area contributed by atoms with Crippen LogP contribution in [0.2, 0.25) is 0 Å². The first-order valence-electron chi connectivity index (χ1n) is 33.7. The van der Waals surface area contributed by atoms with Crippen LogP contribution in [0, 0.1) is 0 Å². The van der Waals surface area contributed by atoms with Crippen LogP contribution in [0.1, 0.15) is 0 Å². The second-order valence-electron chi connectivity index (χ2n) is 25.4. The highest BCUT2D eigenvalue weighted by molar-refractivity contribution is 6.17. The predicted molar refractivity (Wildman–Crippen MR) is 409 cm³/mol. The van der Waals surface area contributed by atoms with E-state index in [1.54, 1.807) is 0 Å². The van der Waals surface area contributed by atoms with E-state index in [0.717, 1.165) is 177 Å². The third kappa shape index (κ3) is 9.12. The zero-order chi connectivity index (χ0) is 65.8. The third-order valence-electron chi connectivity index (χ3n) is 19.8. The first kappa shape index (κ1) is 56.6. The lowest BCUT2D eigenvalue weighted by atomic mass is 10.0. The molecule has 0 unspecified atom stereocenters. The molecule has 0 spiro atoms. The Bertz CT molecular complexity index is 6550. The maximum absolute atomic E-state index is 5.39. The molecule has 12 aromatic carbocycles. The second-order valence-corrected chi connectivity index (χ2v) is 25.4. The van der Waals surface area contributed by atoms with Crippen molar-refractivity contribution in [3.05, 3.63) is 340 Å². The topological polar surface area (TPSA) is 97.1 Å². The molecule has 466 valence electrons.